The van der Waals surface area contributed by atoms with Gasteiger partial charge in [-0.1, -0.05) is 23.7 Å². The molecule has 0 saturated carbocycles. The highest BCUT2D eigenvalue weighted by Gasteiger charge is 2.29. The normalized spacial score (nSPS) is 16.8. The van der Waals surface area contributed by atoms with Crippen LogP contribution in [0.4, 0.5) is 0 Å². The van der Waals surface area contributed by atoms with E-state index in [-0.39, 0.29) is 17.4 Å². The molecule has 1 fully saturated rings. The summed E-state index contributed by atoms with van der Waals surface area (Å²) in [7, 11) is 0. The van der Waals surface area contributed by atoms with E-state index >= 15 is 0 Å². The van der Waals surface area contributed by atoms with E-state index in [2.05, 4.69) is 4.98 Å². The average molecular weight is 369 g/mol. The molecular formula is C20H17ClN2O3. The Morgan fingerprint density at radius 1 is 1.15 bits per heavy atom. The number of halogens is 1. The number of carbonyl (C=O) groups excluding carboxylic acids is 1. The van der Waals surface area contributed by atoms with Gasteiger partial charge in [0.2, 0.25) is 0 Å². The lowest BCUT2D eigenvalue weighted by Crippen LogP contribution is -2.33. The molecule has 5 nitrogen and oxygen atoms in total. The van der Waals surface area contributed by atoms with Crippen molar-refractivity contribution < 1.29 is 9.21 Å². The lowest BCUT2D eigenvalue weighted by Gasteiger charge is -2.16. The fraction of sp³-hybridized carbons (Fsp3) is 0.200. The molecule has 6 heteroatoms. The molecule has 1 saturated heterocycles. The number of nitrogens with zero attached hydrogens (tertiary/aromatic N) is 1. The van der Waals surface area contributed by atoms with Crippen molar-refractivity contribution in [2.45, 2.75) is 12.3 Å². The zero-order valence-corrected chi connectivity index (χ0v) is 14.7. The summed E-state index contributed by atoms with van der Waals surface area (Å²) in [5, 5.41) is 0.697. The third kappa shape index (κ3) is 3.18. The van der Waals surface area contributed by atoms with Gasteiger partial charge in [0, 0.05) is 24.0 Å². The molecule has 0 radical (unpaired) electrons. The maximum Gasteiger partial charge on any atom is 0.261 e. The van der Waals surface area contributed by atoms with Gasteiger partial charge in [-0.15, -0.1) is 0 Å². The number of hydrogen-bond donors (Lipinski definition) is 1. The van der Waals surface area contributed by atoms with E-state index < -0.39 is 5.56 Å². The number of pyridine rings is 1. The van der Waals surface area contributed by atoms with Crippen LogP contribution in [0.2, 0.25) is 5.02 Å². The zero-order valence-electron chi connectivity index (χ0n) is 13.9. The van der Waals surface area contributed by atoms with Crippen LogP contribution in [0.25, 0.3) is 11.5 Å². The van der Waals surface area contributed by atoms with Crippen LogP contribution >= 0.6 is 11.6 Å². The van der Waals surface area contributed by atoms with Gasteiger partial charge in [0.25, 0.3) is 11.5 Å². The number of hydrogen-bond acceptors (Lipinski definition) is 3. The Bertz CT molecular complexity index is 977. The number of nitrogens with one attached hydrogen (secondary N) is 1. The molecule has 3 aromatic rings. The molecule has 2 aromatic heterocycles. The van der Waals surface area contributed by atoms with Gasteiger partial charge in [0.05, 0.1) is 12.0 Å². The third-order valence-corrected chi connectivity index (χ3v) is 5.00. The van der Waals surface area contributed by atoms with E-state index in [1.54, 1.807) is 29.2 Å². The van der Waals surface area contributed by atoms with Crippen molar-refractivity contribution >= 4 is 17.5 Å². The largest absolute Gasteiger partial charge is 0.463 e. The van der Waals surface area contributed by atoms with E-state index in [1.165, 1.54) is 6.26 Å². The summed E-state index contributed by atoms with van der Waals surface area (Å²) in [6, 6.07) is 14.5. The molecule has 0 aliphatic carbocycles. The zero-order chi connectivity index (χ0) is 18.1. The fourth-order valence-electron chi connectivity index (χ4n) is 3.34. The summed E-state index contributed by atoms with van der Waals surface area (Å²) in [5.74, 6) is 0.580. The number of aromatic nitrogens is 1. The maximum absolute atomic E-state index is 12.8. The Morgan fingerprint density at radius 2 is 1.96 bits per heavy atom. The Kier molecular flexibility index (Phi) is 4.39. The number of carbonyl (C=O) groups is 1. The molecular weight excluding hydrogens is 352 g/mol. The van der Waals surface area contributed by atoms with Crippen molar-refractivity contribution in [3.05, 3.63) is 81.3 Å². The predicted octanol–water partition coefficient (Wildman–Crippen LogP) is 3.92. The first-order chi connectivity index (χ1) is 12.6. The van der Waals surface area contributed by atoms with Gasteiger partial charge in [0.1, 0.15) is 11.3 Å². The van der Waals surface area contributed by atoms with Crippen LogP contribution in [0.5, 0.6) is 0 Å². The number of benzene rings is 1. The van der Waals surface area contributed by atoms with Gasteiger partial charge in [-0.2, -0.15) is 0 Å². The molecule has 0 bridgehead atoms. The molecule has 1 N–H and O–H groups in total. The first-order valence-corrected chi connectivity index (χ1v) is 8.81. The van der Waals surface area contributed by atoms with Crippen LogP contribution in [0, 0.1) is 0 Å². The van der Waals surface area contributed by atoms with Crippen molar-refractivity contribution in [1.29, 1.82) is 0 Å². The molecule has 0 spiro atoms. The Hall–Kier alpha value is -2.79. The minimum absolute atomic E-state index is 0.150. The topological polar surface area (TPSA) is 66.3 Å². The van der Waals surface area contributed by atoms with Crippen molar-refractivity contribution in [3.8, 4) is 11.5 Å². The lowest BCUT2D eigenvalue weighted by atomic mass is 9.99. The summed E-state index contributed by atoms with van der Waals surface area (Å²) in [5.41, 5.74) is 1.46. The first-order valence-electron chi connectivity index (χ1n) is 8.44. The molecule has 1 amide bonds. The summed E-state index contributed by atoms with van der Waals surface area (Å²) in [6.45, 7) is 1.23. The number of furan rings is 1. The number of likely N-dealkylation sites (tertiary alicyclic amines) is 1. The summed E-state index contributed by atoms with van der Waals surface area (Å²) in [6.07, 6.45) is 2.41. The Morgan fingerprint density at radius 3 is 2.65 bits per heavy atom. The summed E-state index contributed by atoms with van der Waals surface area (Å²) >= 11 is 5.94. The lowest BCUT2D eigenvalue weighted by molar-refractivity contribution is 0.0789. The molecule has 1 atom stereocenters. The quantitative estimate of drug-likeness (QED) is 0.762. The molecule has 26 heavy (non-hydrogen) atoms. The van der Waals surface area contributed by atoms with E-state index in [0.29, 0.717) is 29.6 Å². The molecule has 3 heterocycles. The molecule has 132 valence electrons. The third-order valence-electron chi connectivity index (χ3n) is 4.74. The highest BCUT2D eigenvalue weighted by molar-refractivity contribution is 6.30. The number of rotatable bonds is 3. The monoisotopic (exact) mass is 368 g/mol. The van der Waals surface area contributed by atoms with Gasteiger partial charge >= 0.3 is 0 Å². The van der Waals surface area contributed by atoms with Gasteiger partial charge in [-0.3, -0.25) is 9.59 Å². The average Bonchev–Trinajstić information content (AvgIpc) is 3.34. The van der Waals surface area contributed by atoms with E-state index in [9.17, 15) is 9.59 Å². The van der Waals surface area contributed by atoms with Crippen molar-refractivity contribution in [2.24, 2.45) is 0 Å². The molecule has 4 rings (SSSR count). The van der Waals surface area contributed by atoms with Gasteiger partial charge in [-0.05, 0) is 48.4 Å². The van der Waals surface area contributed by atoms with E-state index in [4.69, 9.17) is 16.0 Å². The van der Waals surface area contributed by atoms with Crippen molar-refractivity contribution in [2.75, 3.05) is 13.1 Å². The SMILES string of the molecule is O=C(c1ccc(-c2ccco2)[nH]c1=O)N1CCC(c2ccc(Cl)cc2)C1. The predicted molar refractivity (Wildman–Crippen MR) is 99.5 cm³/mol. The standard InChI is InChI=1S/C20H17ClN2O3/c21-15-5-3-13(4-6-15)14-9-10-23(12-14)20(25)16-7-8-17(22-19(16)24)18-2-1-11-26-18/h1-8,11,14H,9-10,12H2,(H,22,24). The minimum atomic E-state index is -0.404. The van der Waals surface area contributed by atoms with Gasteiger partial charge in [-0.25, -0.2) is 0 Å². The molecule has 1 aliphatic rings. The number of amides is 1. The van der Waals surface area contributed by atoms with E-state index in [1.807, 2.05) is 24.3 Å². The fourth-order valence-corrected chi connectivity index (χ4v) is 3.47. The Balaban J connectivity index is 1.51. The highest BCUT2D eigenvalue weighted by Crippen LogP contribution is 2.28. The van der Waals surface area contributed by atoms with Crippen LogP contribution in [0.1, 0.15) is 28.3 Å². The maximum atomic E-state index is 12.8. The van der Waals surface area contributed by atoms with Gasteiger partial charge in [0.15, 0.2) is 0 Å². The van der Waals surface area contributed by atoms with Crippen LogP contribution < -0.4 is 5.56 Å². The smallest absolute Gasteiger partial charge is 0.261 e. The molecule has 1 unspecified atom stereocenters. The summed E-state index contributed by atoms with van der Waals surface area (Å²) in [4.78, 5) is 29.6. The second-order valence-corrected chi connectivity index (χ2v) is 6.82. The van der Waals surface area contributed by atoms with Crippen LogP contribution in [0.15, 0.2) is 64.0 Å². The van der Waals surface area contributed by atoms with Crippen LogP contribution in [0.3, 0.4) is 0 Å². The van der Waals surface area contributed by atoms with Crippen molar-refractivity contribution in [3.63, 3.8) is 0 Å². The Labute approximate surface area is 155 Å². The van der Waals surface area contributed by atoms with Crippen molar-refractivity contribution in [1.82, 2.24) is 9.88 Å². The van der Waals surface area contributed by atoms with E-state index in [0.717, 1.165) is 12.0 Å². The first kappa shape index (κ1) is 16.7. The second-order valence-electron chi connectivity index (χ2n) is 6.38. The van der Waals surface area contributed by atoms with Crippen LogP contribution in [-0.2, 0) is 0 Å². The van der Waals surface area contributed by atoms with Crippen LogP contribution in [-0.4, -0.2) is 28.9 Å². The van der Waals surface area contributed by atoms with Gasteiger partial charge < -0.3 is 14.3 Å². The number of aromatic amines is 1. The molecule has 1 aliphatic heterocycles. The molecule has 1 aromatic carbocycles. The highest BCUT2D eigenvalue weighted by atomic mass is 35.5. The second kappa shape index (κ2) is 6.84. The summed E-state index contributed by atoms with van der Waals surface area (Å²) < 4.78 is 5.27. The number of H-pyrrole nitrogens is 1. The minimum Gasteiger partial charge on any atom is -0.463 e.